The number of primary amides is 1. The first-order valence-electron chi connectivity index (χ1n) is 10.4. The number of aromatic nitrogens is 2. The second kappa shape index (κ2) is 9.00. The van der Waals surface area contributed by atoms with Crippen molar-refractivity contribution in [1.29, 1.82) is 0 Å². The molecule has 1 fully saturated rings. The Balaban J connectivity index is 1.66. The SMILES string of the molecule is NC(=O)C1CCN(C(=O)Cn2c(=O)c(=O)n(Cc3ccc(Cl)cc3)c3ccccc32)CC1. The van der Waals surface area contributed by atoms with Crippen molar-refractivity contribution in [2.75, 3.05) is 13.1 Å². The van der Waals surface area contributed by atoms with Crippen molar-refractivity contribution in [2.24, 2.45) is 11.7 Å². The van der Waals surface area contributed by atoms with E-state index < -0.39 is 11.1 Å². The molecule has 9 heteroatoms. The van der Waals surface area contributed by atoms with Gasteiger partial charge in [0.05, 0.1) is 17.6 Å². The Hall–Kier alpha value is -3.39. The normalized spacial score (nSPS) is 14.6. The van der Waals surface area contributed by atoms with E-state index in [9.17, 15) is 19.2 Å². The van der Waals surface area contributed by atoms with Gasteiger partial charge in [-0.15, -0.1) is 0 Å². The predicted molar refractivity (Wildman–Crippen MR) is 122 cm³/mol. The zero-order chi connectivity index (χ0) is 22.8. The first-order valence-corrected chi connectivity index (χ1v) is 10.8. The number of halogens is 1. The van der Waals surface area contributed by atoms with Crippen molar-refractivity contribution in [3.05, 3.63) is 79.8 Å². The Kier molecular flexibility index (Phi) is 6.14. The third kappa shape index (κ3) is 4.31. The molecule has 8 nitrogen and oxygen atoms in total. The second-order valence-electron chi connectivity index (χ2n) is 7.96. The van der Waals surface area contributed by atoms with Crippen molar-refractivity contribution >= 4 is 34.4 Å². The Morgan fingerprint density at radius 2 is 1.47 bits per heavy atom. The fourth-order valence-corrected chi connectivity index (χ4v) is 4.23. The zero-order valence-electron chi connectivity index (χ0n) is 17.4. The molecule has 1 saturated heterocycles. The molecule has 0 bridgehead atoms. The average molecular weight is 455 g/mol. The monoisotopic (exact) mass is 454 g/mol. The highest BCUT2D eigenvalue weighted by Crippen LogP contribution is 2.18. The third-order valence-electron chi connectivity index (χ3n) is 5.93. The smallest absolute Gasteiger partial charge is 0.317 e. The number of carbonyl (C=O) groups excluding carboxylic acids is 2. The Bertz CT molecular complexity index is 1290. The van der Waals surface area contributed by atoms with Crippen molar-refractivity contribution in [2.45, 2.75) is 25.9 Å². The maximum Gasteiger partial charge on any atom is 0.317 e. The van der Waals surface area contributed by atoms with Crippen molar-refractivity contribution in [3.63, 3.8) is 0 Å². The van der Waals surface area contributed by atoms with Crippen molar-refractivity contribution in [1.82, 2.24) is 14.0 Å². The number of nitrogens with two attached hydrogens (primary N) is 1. The largest absolute Gasteiger partial charge is 0.369 e. The standard InChI is InChI=1S/C23H23ClN4O4/c24-17-7-5-15(6-8-17)13-27-18-3-1-2-4-19(18)28(23(32)22(27)31)14-20(29)26-11-9-16(10-12-26)21(25)30/h1-8,16H,9-14H2,(H2,25,30). The van der Waals surface area contributed by atoms with E-state index in [1.54, 1.807) is 53.4 Å². The molecule has 2 heterocycles. The lowest BCUT2D eigenvalue weighted by Crippen LogP contribution is -2.47. The molecule has 2 aromatic carbocycles. The molecule has 1 aliphatic rings. The molecule has 1 aliphatic heterocycles. The summed E-state index contributed by atoms with van der Waals surface area (Å²) in [7, 11) is 0. The van der Waals surface area contributed by atoms with E-state index in [4.69, 9.17) is 17.3 Å². The summed E-state index contributed by atoms with van der Waals surface area (Å²) in [5, 5.41) is 0.583. The van der Waals surface area contributed by atoms with Crippen LogP contribution in [0.4, 0.5) is 0 Å². The molecule has 1 aromatic heterocycles. The van der Waals surface area contributed by atoms with Crippen LogP contribution in [0.25, 0.3) is 11.0 Å². The number of amides is 2. The first kappa shape index (κ1) is 21.8. The van der Waals surface area contributed by atoms with Crippen LogP contribution in [0.1, 0.15) is 18.4 Å². The molecule has 3 aromatic rings. The molecule has 0 aliphatic carbocycles. The highest BCUT2D eigenvalue weighted by atomic mass is 35.5. The predicted octanol–water partition coefficient (Wildman–Crippen LogP) is 1.59. The summed E-state index contributed by atoms with van der Waals surface area (Å²) in [6.07, 6.45) is 0.999. The van der Waals surface area contributed by atoms with Crippen molar-refractivity contribution in [3.8, 4) is 0 Å². The molecular weight excluding hydrogens is 432 g/mol. The molecule has 2 amide bonds. The van der Waals surface area contributed by atoms with E-state index in [0.717, 1.165) is 5.56 Å². The quantitative estimate of drug-likeness (QED) is 0.590. The maximum absolute atomic E-state index is 13.0. The number of para-hydroxylation sites is 2. The van der Waals surface area contributed by atoms with E-state index >= 15 is 0 Å². The van der Waals surface area contributed by atoms with Crippen LogP contribution in [0, 0.1) is 5.92 Å². The van der Waals surface area contributed by atoms with Gasteiger partial charge in [-0.2, -0.15) is 0 Å². The van der Waals surface area contributed by atoms with Crippen LogP contribution in [-0.4, -0.2) is 38.9 Å². The summed E-state index contributed by atoms with van der Waals surface area (Å²) in [4.78, 5) is 51.8. The molecule has 4 rings (SSSR count). The fraction of sp³-hybridized carbons (Fsp3) is 0.304. The van der Waals surface area contributed by atoms with Gasteiger partial charge in [-0.05, 0) is 42.7 Å². The van der Waals surface area contributed by atoms with Gasteiger partial charge < -0.3 is 10.6 Å². The number of fused-ring (bicyclic) bond motifs is 1. The van der Waals surface area contributed by atoms with Gasteiger partial charge in [0.15, 0.2) is 0 Å². The molecule has 32 heavy (non-hydrogen) atoms. The van der Waals surface area contributed by atoms with Crippen LogP contribution in [0.15, 0.2) is 58.1 Å². The summed E-state index contributed by atoms with van der Waals surface area (Å²) in [6, 6.07) is 14.1. The number of rotatable bonds is 5. The van der Waals surface area contributed by atoms with Crippen LogP contribution in [0.3, 0.4) is 0 Å². The molecule has 0 unspecified atom stereocenters. The maximum atomic E-state index is 13.0. The van der Waals surface area contributed by atoms with E-state index in [2.05, 4.69) is 0 Å². The number of carbonyl (C=O) groups is 2. The Labute approximate surface area is 188 Å². The topological polar surface area (TPSA) is 107 Å². The fourth-order valence-electron chi connectivity index (χ4n) is 4.11. The summed E-state index contributed by atoms with van der Waals surface area (Å²) in [6.45, 7) is 0.762. The third-order valence-corrected chi connectivity index (χ3v) is 6.19. The van der Waals surface area contributed by atoms with Crippen molar-refractivity contribution < 1.29 is 9.59 Å². The highest BCUT2D eigenvalue weighted by Gasteiger charge is 2.26. The number of hydrogen-bond acceptors (Lipinski definition) is 4. The van der Waals surface area contributed by atoms with Gasteiger partial charge in [0.25, 0.3) is 0 Å². The van der Waals surface area contributed by atoms with E-state index in [1.807, 2.05) is 0 Å². The van der Waals surface area contributed by atoms with Gasteiger partial charge in [0.2, 0.25) is 11.8 Å². The average Bonchev–Trinajstić information content (AvgIpc) is 2.80. The van der Waals surface area contributed by atoms with E-state index in [1.165, 1.54) is 9.13 Å². The van der Waals surface area contributed by atoms with Crippen LogP contribution in [-0.2, 0) is 22.7 Å². The van der Waals surface area contributed by atoms with E-state index in [0.29, 0.717) is 42.0 Å². The first-order chi connectivity index (χ1) is 15.3. The minimum atomic E-state index is -0.752. The van der Waals surface area contributed by atoms with Gasteiger partial charge in [-0.25, -0.2) is 0 Å². The van der Waals surface area contributed by atoms with E-state index in [-0.39, 0.29) is 30.8 Å². The van der Waals surface area contributed by atoms with Gasteiger partial charge in [0, 0.05) is 24.0 Å². The van der Waals surface area contributed by atoms with Gasteiger partial charge in [-0.1, -0.05) is 35.9 Å². The number of nitrogens with zero attached hydrogens (tertiary/aromatic N) is 3. The van der Waals surface area contributed by atoms with Gasteiger partial charge >= 0.3 is 11.1 Å². The van der Waals surface area contributed by atoms with Crippen LogP contribution < -0.4 is 16.9 Å². The lowest BCUT2D eigenvalue weighted by Gasteiger charge is -2.30. The number of benzene rings is 2. The molecule has 2 N–H and O–H groups in total. The second-order valence-corrected chi connectivity index (χ2v) is 8.39. The highest BCUT2D eigenvalue weighted by molar-refractivity contribution is 6.30. The summed E-state index contributed by atoms with van der Waals surface area (Å²) < 4.78 is 2.65. The summed E-state index contributed by atoms with van der Waals surface area (Å²) in [5.74, 6) is -0.863. The lowest BCUT2D eigenvalue weighted by molar-refractivity contribution is -0.135. The van der Waals surface area contributed by atoms with Crippen LogP contribution >= 0.6 is 11.6 Å². The molecule has 0 atom stereocenters. The van der Waals surface area contributed by atoms with Crippen LogP contribution in [0.2, 0.25) is 5.02 Å². The molecule has 0 spiro atoms. The van der Waals surface area contributed by atoms with Gasteiger partial charge in [0.1, 0.15) is 6.54 Å². The number of hydrogen-bond donors (Lipinski definition) is 1. The van der Waals surface area contributed by atoms with Crippen LogP contribution in [0.5, 0.6) is 0 Å². The Morgan fingerprint density at radius 3 is 2.06 bits per heavy atom. The summed E-state index contributed by atoms with van der Waals surface area (Å²) >= 11 is 5.94. The molecule has 0 saturated carbocycles. The van der Waals surface area contributed by atoms with Gasteiger partial charge in [-0.3, -0.25) is 28.3 Å². The lowest BCUT2D eigenvalue weighted by atomic mass is 9.96. The molecular formula is C23H23ClN4O4. The molecule has 0 radical (unpaired) electrons. The Morgan fingerprint density at radius 1 is 0.906 bits per heavy atom. The molecule has 166 valence electrons. The number of piperidine rings is 1. The minimum absolute atomic E-state index is 0.209. The summed E-state index contributed by atoms with van der Waals surface area (Å²) in [5.41, 5.74) is 5.80. The zero-order valence-corrected chi connectivity index (χ0v) is 18.1. The number of likely N-dealkylation sites (tertiary alicyclic amines) is 1. The minimum Gasteiger partial charge on any atom is -0.369 e.